The van der Waals surface area contributed by atoms with Crippen molar-refractivity contribution < 1.29 is 18.7 Å². The van der Waals surface area contributed by atoms with E-state index in [9.17, 15) is 9.18 Å². The van der Waals surface area contributed by atoms with Crippen LogP contribution in [0.3, 0.4) is 0 Å². The van der Waals surface area contributed by atoms with Gasteiger partial charge in [-0.05, 0) is 35.9 Å². The lowest BCUT2D eigenvalue weighted by molar-refractivity contribution is 0.0594. The Hall–Kier alpha value is -3.19. The number of thiazole rings is 1. The van der Waals surface area contributed by atoms with Crippen LogP contribution in [0.1, 0.15) is 30.1 Å². The molecule has 1 aliphatic rings. The van der Waals surface area contributed by atoms with Crippen LogP contribution < -0.4 is 9.47 Å². The minimum absolute atomic E-state index is 0.0224. The van der Waals surface area contributed by atoms with Gasteiger partial charge in [0.25, 0.3) is 11.1 Å². The van der Waals surface area contributed by atoms with E-state index in [4.69, 9.17) is 9.47 Å². The molecule has 3 aromatic carbocycles. The molecule has 0 spiro atoms. The van der Waals surface area contributed by atoms with Crippen LogP contribution in [-0.2, 0) is 0 Å². The quantitative estimate of drug-likeness (QED) is 0.393. The second-order valence-corrected chi connectivity index (χ2v) is 8.76. The number of piperidine rings is 1. The standard InChI is InChI=1S/C25H23FN2O3S/c1-2-30-20-11-10-16-6-3-4-7-18(16)22(20)24(29)28-14-12-17(13-15-28)31-25-27-23-19(26)8-5-9-21(23)32-25/h3-11,17H,2,12-15H2,1H3. The van der Waals surface area contributed by atoms with Gasteiger partial charge in [0, 0.05) is 25.9 Å². The predicted molar refractivity (Wildman–Crippen MR) is 124 cm³/mol. The summed E-state index contributed by atoms with van der Waals surface area (Å²) in [6, 6.07) is 16.6. The summed E-state index contributed by atoms with van der Waals surface area (Å²) in [5.41, 5.74) is 0.963. The Bertz CT molecular complexity index is 1280. The summed E-state index contributed by atoms with van der Waals surface area (Å²) in [5.74, 6) is 0.256. The lowest BCUT2D eigenvalue weighted by Gasteiger charge is -2.32. The van der Waals surface area contributed by atoms with Gasteiger partial charge in [0.2, 0.25) is 0 Å². The minimum atomic E-state index is -0.339. The van der Waals surface area contributed by atoms with E-state index in [1.807, 2.05) is 54.3 Å². The lowest BCUT2D eigenvalue weighted by Crippen LogP contribution is -2.42. The molecule has 164 valence electrons. The number of hydrogen-bond donors (Lipinski definition) is 0. The monoisotopic (exact) mass is 450 g/mol. The van der Waals surface area contributed by atoms with Gasteiger partial charge in [0.1, 0.15) is 23.2 Å². The summed E-state index contributed by atoms with van der Waals surface area (Å²) in [5, 5.41) is 2.39. The van der Waals surface area contributed by atoms with E-state index >= 15 is 0 Å². The molecule has 0 aliphatic carbocycles. The van der Waals surface area contributed by atoms with Crippen molar-refractivity contribution in [1.82, 2.24) is 9.88 Å². The molecule has 1 fully saturated rings. The molecule has 2 heterocycles. The number of rotatable bonds is 5. The van der Waals surface area contributed by atoms with Crippen LogP contribution in [0.15, 0.2) is 54.6 Å². The van der Waals surface area contributed by atoms with Gasteiger partial charge in [-0.15, -0.1) is 0 Å². The van der Waals surface area contributed by atoms with Crippen molar-refractivity contribution in [3.05, 3.63) is 66.0 Å². The maximum atomic E-state index is 13.9. The molecule has 5 nitrogen and oxygen atoms in total. The number of carbonyl (C=O) groups is 1. The van der Waals surface area contributed by atoms with Crippen LogP contribution in [0.4, 0.5) is 4.39 Å². The Morgan fingerprint density at radius 2 is 1.94 bits per heavy atom. The zero-order valence-electron chi connectivity index (χ0n) is 17.7. The van der Waals surface area contributed by atoms with Gasteiger partial charge in [-0.2, -0.15) is 4.98 Å². The average molecular weight is 451 g/mol. The van der Waals surface area contributed by atoms with E-state index in [-0.39, 0.29) is 17.8 Å². The van der Waals surface area contributed by atoms with Gasteiger partial charge in [0.05, 0.1) is 16.9 Å². The minimum Gasteiger partial charge on any atom is -0.493 e. The predicted octanol–water partition coefficient (Wildman–Crippen LogP) is 5.67. The van der Waals surface area contributed by atoms with Crippen LogP contribution in [0.25, 0.3) is 21.0 Å². The van der Waals surface area contributed by atoms with Crippen LogP contribution in [0.2, 0.25) is 0 Å². The van der Waals surface area contributed by atoms with Gasteiger partial charge < -0.3 is 14.4 Å². The molecule has 0 saturated carbocycles. The number of fused-ring (bicyclic) bond motifs is 2. The number of halogens is 1. The smallest absolute Gasteiger partial charge is 0.274 e. The highest BCUT2D eigenvalue weighted by Gasteiger charge is 2.28. The number of benzene rings is 3. The van der Waals surface area contributed by atoms with Crippen molar-refractivity contribution in [1.29, 1.82) is 0 Å². The maximum absolute atomic E-state index is 13.9. The second-order valence-electron chi connectivity index (χ2n) is 7.77. The highest BCUT2D eigenvalue weighted by Crippen LogP contribution is 2.33. The van der Waals surface area contributed by atoms with Crippen molar-refractivity contribution >= 4 is 38.2 Å². The molecular weight excluding hydrogens is 427 g/mol. The van der Waals surface area contributed by atoms with Crippen LogP contribution >= 0.6 is 11.3 Å². The maximum Gasteiger partial charge on any atom is 0.274 e. The Kier molecular flexibility index (Phi) is 5.66. The average Bonchev–Trinajstić information content (AvgIpc) is 3.23. The molecule has 1 saturated heterocycles. The molecular formula is C25H23FN2O3S. The molecule has 1 aromatic heterocycles. The highest BCUT2D eigenvalue weighted by atomic mass is 32.1. The van der Waals surface area contributed by atoms with E-state index < -0.39 is 0 Å². The number of aromatic nitrogens is 1. The first-order chi connectivity index (χ1) is 15.6. The van der Waals surface area contributed by atoms with E-state index in [1.165, 1.54) is 17.4 Å². The van der Waals surface area contributed by atoms with Crippen LogP contribution in [-0.4, -0.2) is 41.6 Å². The SMILES string of the molecule is CCOc1ccc2ccccc2c1C(=O)N1CCC(Oc2nc3c(F)cccc3s2)CC1. The molecule has 0 radical (unpaired) electrons. The molecule has 1 amide bonds. The largest absolute Gasteiger partial charge is 0.493 e. The molecule has 32 heavy (non-hydrogen) atoms. The Morgan fingerprint density at radius 1 is 1.12 bits per heavy atom. The van der Waals surface area contributed by atoms with Gasteiger partial charge in [0.15, 0.2) is 0 Å². The fourth-order valence-electron chi connectivity index (χ4n) is 4.17. The third kappa shape index (κ3) is 3.88. The molecule has 0 N–H and O–H groups in total. The Balaban J connectivity index is 1.31. The summed E-state index contributed by atoms with van der Waals surface area (Å²) in [6.07, 6.45) is 1.33. The van der Waals surface area contributed by atoms with Gasteiger partial charge in [-0.1, -0.05) is 47.7 Å². The molecule has 7 heteroatoms. The van der Waals surface area contributed by atoms with Crippen LogP contribution in [0.5, 0.6) is 10.9 Å². The van der Waals surface area contributed by atoms with E-state index in [0.717, 1.165) is 15.5 Å². The number of amides is 1. The first-order valence-corrected chi connectivity index (χ1v) is 11.6. The molecule has 4 aromatic rings. The van der Waals surface area contributed by atoms with Gasteiger partial charge >= 0.3 is 0 Å². The Labute approximate surface area is 189 Å². The molecule has 1 aliphatic heterocycles. The van der Waals surface area contributed by atoms with Crippen molar-refractivity contribution in [2.75, 3.05) is 19.7 Å². The zero-order chi connectivity index (χ0) is 22.1. The number of nitrogens with zero attached hydrogens (tertiary/aromatic N) is 2. The molecule has 0 bridgehead atoms. The number of para-hydroxylation sites is 1. The van der Waals surface area contributed by atoms with Crippen LogP contribution in [0, 0.1) is 5.82 Å². The second kappa shape index (κ2) is 8.74. The number of ether oxygens (including phenoxy) is 2. The van der Waals surface area contributed by atoms with Gasteiger partial charge in [-0.25, -0.2) is 4.39 Å². The zero-order valence-corrected chi connectivity index (χ0v) is 18.5. The number of likely N-dealkylation sites (tertiary alicyclic amines) is 1. The summed E-state index contributed by atoms with van der Waals surface area (Å²) in [4.78, 5) is 19.6. The van der Waals surface area contributed by atoms with E-state index in [1.54, 1.807) is 6.07 Å². The normalized spacial score (nSPS) is 14.8. The third-order valence-corrected chi connectivity index (χ3v) is 6.66. The summed E-state index contributed by atoms with van der Waals surface area (Å²) in [7, 11) is 0. The Morgan fingerprint density at radius 3 is 2.72 bits per heavy atom. The fraction of sp³-hybridized carbons (Fsp3) is 0.280. The molecule has 5 rings (SSSR count). The topological polar surface area (TPSA) is 51.7 Å². The summed E-state index contributed by atoms with van der Waals surface area (Å²) < 4.78 is 26.5. The fourth-order valence-corrected chi connectivity index (χ4v) is 5.07. The van der Waals surface area contributed by atoms with Crippen molar-refractivity contribution in [3.8, 4) is 10.9 Å². The summed E-state index contributed by atoms with van der Waals surface area (Å²) in [6.45, 7) is 3.58. The van der Waals surface area contributed by atoms with Crippen molar-refractivity contribution in [3.63, 3.8) is 0 Å². The molecule has 0 unspecified atom stereocenters. The van der Waals surface area contributed by atoms with Gasteiger partial charge in [-0.3, -0.25) is 4.79 Å². The first-order valence-electron chi connectivity index (χ1n) is 10.8. The number of hydrogen-bond acceptors (Lipinski definition) is 5. The summed E-state index contributed by atoms with van der Waals surface area (Å²) >= 11 is 1.35. The van der Waals surface area contributed by atoms with Crippen molar-refractivity contribution in [2.45, 2.75) is 25.9 Å². The highest BCUT2D eigenvalue weighted by molar-refractivity contribution is 7.20. The van der Waals surface area contributed by atoms with E-state index in [0.29, 0.717) is 54.6 Å². The first kappa shape index (κ1) is 20.7. The van der Waals surface area contributed by atoms with E-state index in [2.05, 4.69) is 4.98 Å². The third-order valence-electron chi connectivity index (χ3n) is 5.75. The van der Waals surface area contributed by atoms with Crippen molar-refractivity contribution in [2.24, 2.45) is 0 Å². The molecule has 0 atom stereocenters. The number of carbonyl (C=O) groups excluding carboxylic acids is 1. The lowest BCUT2D eigenvalue weighted by atomic mass is 10.0.